The van der Waals surface area contributed by atoms with Crippen LogP contribution in [0.25, 0.3) is 0 Å². The predicted octanol–water partition coefficient (Wildman–Crippen LogP) is 1.36. The van der Waals surface area contributed by atoms with Crippen molar-refractivity contribution in [2.45, 2.75) is 45.6 Å². The zero-order valence-electron chi connectivity index (χ0n) is 12.4. The van der Waals surface area contributed by atoms with Gasteiger partial charge in [0.05, 0.1) is 12.0 Å². The Morgan fingerprint density at radius 3 is 2.71 bits per heavy atom. The molecule has 6 nitrogen and oxygen atoms in total. The molecule has 0 radical (unpaired) electrons. The van der Waals surface area contributed by atoms with Crippen LogP contribution in [0.15, 0.2) is 6.07 Å². The number of pyridine rings is 1. The Bertz CT molecular complexity index is 570. The summed E-state index contributed by atoms with van der Waals surface area (Å²) in [4.78, 5) is 29.0. The number of primary amides is 1. The molecule has 1 aliphatic rings. The first kappa shape index (κ1) is 15.3. The minimum atomic E-state index is -0.873. The van der Waals surface area contributed by atoms with Crippen molar-refractivity contribution in [1.29, 1.82) is 0 Å². The molecule has 6 heteroatoms. The van der Waals surface area contributed by atoms with Crippen LogP contribution in [-0.2, 0) is 17.6 Å². The maximum absolute atomic E-state index is 11.7. The lowest BCUT2D eigenvalue weighted by molar-refractivity contribution is -0.136. The Hall–Kier alpha value is -2.11. The van der Waals surface area contributed by atoms with Gasteiger partial charge in [-0.1, -0.05) is 0 Å². The number of carbonyl (C=O) groups excluding carboxylic acids is 1. The largest absolute Gasteiger partial charge is 0.481 e. The van der Waals surface area contributed by atoms with Crippen molar-refractivity contribution in [3.63, 3.8) is 0 Å². The molecule has 1 aliphatic carbocycles. The first-order valence-corrected chi connectivity index (χ1v) is 7.21. The summed E-state index contributed by atoms with van der Waals surface area (Å²) >= 11 is 0. The number of rotatable bonds is 6. The number of amides is 1. The first-order chi connectivity index (χ1) is 9.90. The van der Waals surface area contributed by atoms with Crippen LogP contribution >= 0.6 is 0 Å². The molecule has 0 aromatic carbocycles. The normalized spacial score (nSPS) is 13.3. The van der Waals surface area contributed by atoms with E-state index >= 15 is 0 Å². The standard InChI is InChI=1S/C15H21N3O3/c1-9(2)18(7-6-13(19)20)15-11(14(16)21)8-10-4-3-5-12(10)17-15/h8-9H,3-7H2,1-2H3,(H2,16,21)(H,19,20). The highest BCUT2D eigenvalue weighted by Crippen LogP contribution is 2.28. The minimum absolute atomic E-state index is 0.00481. The van der Waals surface area contributed by atoms with E-state index in [9.17, 15) is 9.59 Å². The SMILES string of the molecule is CC(C)N(CCC(=O)O)c1nc2c(cc1C(N)=O)CCC2. The van der Waals surface area contributed by atoms with E-state index in [2.05, 4.69) is 4.98 Å². The maximum Gasteiger partial charge on any atom is 0.305 e. The predicted molar refractivity (Wildman–Crippen MR) is 79.5 cm³/mol. The molecule has 1 amide bonds. The second-order valence-corrected chi connectivity index (χ2v) is 5.61. The Balaban J connectivity index is 2.42. The molecule has 21 heavy (non-hydrogen) atoms. The van der Waals surface area contributed by atoms with Crippen LogP contribution in [0.2, 0.25) is 0 Å². The fraction of sp³-hybridized carbons (Fsp3) is 0.533. The highest BCUT2D eigenvalue weighted by atomic mass is 16.4. The van der Waals surface area contributed by atoms with E-state index in [0.717, 1.165) is 30.5 Å². The Morgan fingerprint density at radius 2 is 2.14 bits per heavy atom. The number of carboxylic acid groups (broad SMARTS) is 1. The molecule has 0 fully saturated rings. The molecule has 0 aliphatic heterocycles. The number of nitrogens with zero attached hydrogens (tertiary/aromatic N) is 2. The van der Waals surface area contributed by atoms with Crippen molar-refractivity contribution in [2.24, 2.45) is 5.73 Å². The second kappa shape index (κ2) is 6.11. The number of hydrogen-bond acceptors (Lipinski definition) is 4. The highest BCUT2D eigenvalue weighted by molar-refractivity contribution is 5.98. The van der Waals surface area contributed by atoms with Gasteiger partial charge in [-0.3, -0.25) is 9.59 Å². The third kappa shape index (κ3) is 3.32. The molecule has 0 saturated carbocycles. The summed E-state index contributed by atoms with van der Waals surface area (Å²) in [6, 6.07) is 1.86. The average Bonchev–Trinajstić information content (AvgIpc) is 2.84. The summed E-state index contributed by atoms with van der Waals surface area (Å²) in [7, 11) is 0. The van der Waals surface area contributed by atoms with Crippen LogP contribution in [0.5, 0.6) is 0 Å². The Morgan fingerprint density at radius 1 is 1.43 bits per heavy atom. The van der Waals surface area contributed by atoms with Gasteiger partial charge in [-0.2, -0.15) is 0 Å². The van der Waals surface area contributed by atoms with E-state index < -0.39 is 11.9 Å². The van der Waals surface area contributed by atoms with E-state index in [1.54, 1.807) is 0 Å². The number of aryl methyl sites for hydroxylation is 2. The molecule has 0 bridgehead atoms. The van der Waals surface area contributed by atoms with Gasteiger partial charge in [-0.15, -0.1) is 0 Å². The van der Waals surface area contributed by atoms with Gasteiger partial charge in [-0.25, -0.2) is 4.98 Å². The number of fused-ring (bicyclic) bond motifs is 1. The summed E-state index contributed by atoms with van der Waals surface area (Å²) < 4.78 is 0. The van der Waals surface area contributed by atoms with E-state index in [4.69, 9.17) is 10.8 Å². The quantitative estimate of drug-likeness (QED) is 0.825. The smallest absolute Gasteiger partial charge is 0.305 e. The molecule has 0 saturated heterocycles. The molecular formula is C15H21N3O3. The second-order valence-electron chi connectivity index (χ2n) is 5.61. The summed E-state index contributed by atoms with van der Waals surface area (Å²) in [6.07, 6.45) is 2.84. The van der Waals surface area contributed by atoms with Gasteiger partial charge in [-0.05, 0) is 44.7 Å². The molecular weight excluding hydrogens is 270 g/mol. The summed E-state index contributed by atoms with van der Waals surface area (Å²) in [5.74, 6) is -0.880. The lowest BCUT2D eigenvalue weighted by Gasteiger charge is -2.29. The van der Waals surface area contributed by atoms with E-state index in [-0.39, 0.29) is 12.5 Å². The number of carbonyl (C=O) groups is 2. The topological polar surface area (TPSA) is 96.5 Å². The van der Waals surface area contributed by atoms with Crippen LogP contribution in [-0.4, -0.2) is 34.6 Å². The third-order valence-electron chi connectivity index (χ3n) is 3.76. The van der Waals surface area contributed by atoms with Gasteiger partial charge in [0.2, 0.25) is 0 Å². The number of carboxylic acids is 1. The van der Waals surface area contributed by atoms with Gasteiger partial charge >= 0.3 is 5.97 Å². The molecule has 1 aromatic heterocycles. The van der Waals surface area contributed by atoms with Crippen molar-refractivity contribution in [2.75, 3.05) is 11.4 Å². The molecule has 2 rings (SSSR count). The van der Waals surface area contributed by atoms with E-state index in [0.29, 0.717) is 17.9 Å². The zero-order valence-corrected chi connectivity index (χ0v) is 12.4. The molecule has 1 heterocycles. The van der Waals surface area contributed by atoms with Gasteiger partial charge in [0.25, 0.3) is 5.91 Å². The first-order valence-electron chi connectivity index (χ1n) is 7.21. The molecule has 0 unspecified atom stereocenters. The fourth-order valence-electron chi connectivity index (χ4n) is 2.69. The maximum atomic E-state index is 11.7. The minimum Gasteiger partial charge on any atom is -0.481 e. The molecule has 0 atom stereocenters. The van der Waals surface area contributed by atoms with Gasteiger partial charge in [0, 0.05) is 18.3 Å². The summed E-state index contributed by atoms with van der Waals surface area (Å²) in [5.41, 5.74) is 7.94. The van der Waals surface area contributed by atoms with Crippen LogP contribution in [0.4, 0.5) is 5.82 Å². The average molecular weight is 291 g/mol. The van der Waals surface area contributed by atoms with Crippen molar-refractivity contribution in [1.82, 2.24) is 4.98 Å². The summed E-state index contributed by atoms with van der Waals surface area (Å²) in [5, 5.41) is 8.89. The number of aromatic nitrogens is 1. The van der Waals surface area contributed by atoms with Gasteiger partial charge in [0.1, 0.15) is 5.82 Å². The van der Waals surface area contributed by atoms with Crippen molar-refractivity contribution >= 4 is 17.7 Å². The third-order valence-corrected chi connectivity index (χ3v) is 3.76. The van der Waals surface area contributed by atoms with Gasteiger partial charge < -0.3 is 15.7 Å². The number of aliphatic carboxylic acids is 1. The lowest BCUT2D eigenvalue weighted by Crippen LogP contribution is -2.35. The van der Waals surface area contributed by atoms with Crippen LogP contribution in [0.3, 0.4) is 0 Å². The molecule has 114 valence electrons. The van der Waals surface area contributed by atoms with Crippen molar-refractivity contribution < 1.29 is 14.7 Å². The molecule has 0 spiro atoms. The number of hydrogen-bond donors (Lipinski definition) is 2. The van der Waals surface area contributed by atoms with Crippen molar-refractivity contribution in [3.8, 4) is 0 Å². The number of anilines is 1. The van der Waals surface area contributed by atoms with Crippen LogP contribution in [0.1, 0.15) is 48.3 Å². The summed E-state index contributed by atoms with van der Waals surface area (Å²) in [6.45, 7) is 4.20. The van der Waals surface area contributed by atoms with Gasteiger partial charge in [0.15, 0.2) is 0 Å². The molecule has 1 aromatic rings. The van der Waals surface area contributed by atoms with Crippen LogP contribution < -0.4 is 10.6 Å². The van der Waals surface area contributed by atoms with Crippen molar-refractivity contribution in [3.05, 3.63) is 22.9 Å². The lowest BCUT2D eigenvalue weighted by atomic mass is 10.1. The van der Waals surface area contributed by atoms with E-state index in [1.807, 2.05) is 24.8 Å². The zero-order chi connectivity index (χ0) is 15.6. The Kier molecular flexibility index (Phi) is 4.45. The number of nitrogens with two attached hydrogens (primary N) is 1. The fourth-order valence-corrected chi connectivity index (χ4v) is 2.69. The molecule has 3 N–H and O–H groups in total. The highest BCUT2D eigenvalue weighted by Gasteiger charge is 2.24. The monoisotopic (exact) mass is 291 g/mol. The van der Waals surface area contributed by atoms with Crippen LogP contribution in [0, 0.1) is 0 Å². The van der Waals surface area contributed by atoms with E-state index in [1.165, 1.54) is 0 Å². The Labute approximate surface area is 124 Å².